The average molecular weight is 180 g/mol. The van der Waals surface area contributed by atoms with Crippen LogP contribution in [0.3, 0.4) is 0 Å². The quantitative estimate of drug-likeness (QED) is 0.558. The van der Waals surface area contributed by atoms with Crippen molar-refractivity contribution in [2.45, 2.75) is 59.3 Å². The van der Waals surface area contributed by atoms with Gasteiger partial charge in [0.1, 0.15) is 0 Å². The van der Waals surface area contributed by atoms with E-state index in [4.69, 9.17) is 0 Å². The van der Waals surface area contributed by atoms with Gasteiger partial charge in [-0.2, -0.15) is 0 Å². The topological polar surface area (TPSA) is 0 Å². The molecule has 0 spiro atoms. The molecule has 0 aromatic carbocycles. The Hall–Kier alpha value is -0.260. The van der Waals surface area contributed by atoms with Crippen LogP contribution in [-0.2, 0) is 0 Å². The minimum Gasteiger partial charge on any atom is -0.0996 e. The lowest BCUT2D eigenvalue weighted by Crippen LogP contribution is -2.24. The number of rotatable bonds is 3. The number of hydrogen-bond donors (Lipinski definition) is 0. The molecule has 13 heavy (non-hydrogen) atoms. The van der Waals surface area contributed by atoms with Crippen LogP contribution in [0.1, 0.15) is 59.3 Å². The summed E-state index contributed by atoms with van der Waals surface area (Å²) in [5.41, 5.74) is 2.07. The molecule has 0 amide bonds. The summed E-state index contributed by atoms with van der Waals surface area (Å²) in [6, 6.07) is 0. The van der Waals surface area contributed by atoms with Crippen molar-refractivity contribution in [1.82, 2.24) is 0 Å². The first-order chi connectivity index (χ1) is 6.07. The lowest BCUT2D eigenvalue weighted by Gasteiger charge is -2.38. The smallest absolute Gasteiger partial charge is 0.0234 e. The highest BCUT2D eigenvalue weighted by Gasteiger charge is 2.30. The zero-order chi connectivity index (χ0) is 9.90. The van der Waals surface area contributed by atoms with E-state index in [0.717, 1.165) is 5.92 Å². The summed E-state index contributed by atoms with van der Waals surface area (Å²) in [7, 11) is 0. The third-order valence-electron chi connectivity index (χ3n) is 3.67. The molecule has 0 nitrogen and oxygen atoms in total. The van der Waals surface area contributed by atoms with Crippen molar-refractivity contribution in [3.8, 4) is 0 Å². The van der Waals surface area contributed by atoms with Gasteiger partial charge in [0.05, 0.1) is 0 Å². The first kappa shape index (κ1) is 10.8. The van der Waals surface area contributed by atoms with Crippen molar-refractivity contribution in [2.75, 3.05) is 0 Å². The minimum absolute atomic E-state index is 0.583. The summed E-state index contributed by atoms with van der Waals surface area (Å²) in [4.78, 5) is 0. The summed E-state index contributed by atoms with van der Waals surface area (Å²) in [5, 5.41) is 0. The Morgan fingerprint density at radius 3 is 2.77 bits per heavy atom. The second kappa shape index (κ2) is 4.30. The Kier molecular flexibility index (Phi) is 3.58. The van der Waals surface area contributed by atoms with Crippen LogP contribution in [0.4, 0.5) is 0 Å². The zero-order valence-corrected chi connectivity index (χ0v) is 9.53. The highest BCUT2D eigenvalue weighted by atomic mass is 14.4. The predicted octanol–water partition coefficient (Wildman–Crippen LogP) is 4.56. The van der Waals surface area contributed by atoms with E-state index in [-0.39, 0.29) is 0 Å². The lowest BCUT2D eigenvalue weighted by atomic mass is 9.68. The fraction of sp³-hybridized carbons (Fsp3) is 0.846. The molecule has 1 aliphatic carbocycles. The molecule has 76 valence electrons. The fourth-order valence-electron chi connectivity index (χ4n) is 2.40. The molecule has 1 aliphatic rings. The maximum atomic E-state index is 4.20. The molecule has 0 aromatic rings. The molecular formula is C13H24. The Morgan fingerprint density at radius 2 is 2.23 bits per heavy atom. The Bertz CT molecular complexity index is 176. The van der Waals surface area contributed by atoms with Gasteiger partial charge in [-0.3, -0.25) is 0 Å². The van der Waals surface area contributed by atoms with Crippen LogP contribution in [0.5, 0.6) is 0 Å². The molecular weight excluding hydrogens is 156 g/mol. The van der Waals surface area contributed by atoms with Gasteiger partial charge in [0.15, 0.2) is 0 Å². The Morgan fingerprint density at radius 1 is 1.54 bits per heavy atom. The Labute approximate surface area is 83.4 Å². The molecule has 0 N–H and O–H groups in total. The SMILES string of the molecule is C=C1CC(C)(CCCC)CC[C@H]1C. The van der Waals surface area contributed by atoms with Gasteiger partial charge in [-0.15, -0.1) is 0 Å². The summed E-state index contributed by atoms with van der Waals surface area (Å²) in [6.45, 7) is 11.2. The van der Waals surface area contributed by atoms with Crippen LogP contribution in [0.2, 0.25) is 0 Å². The summed E-state index contributed by atoms with van der Waals surface area (Å²) < 4.78 is 0. The van der Waals surface area contributed by atoms with E-state index in [1.807, 2.05) is 0 Å². The van der Waals surface area contributed by atoms with Crippen LogP contribution in [-0.4, -0.2) is 0 Å². The molecule has 0 aromatic heterocycles. The van der Waals surface area contributed by atoms with Crippen LogP contribution in [0, 0.1) is 11.3 Å². The van der Waals surface area contributed by atoms with E-state index in [9.17, 15) is 0 Å². The number of hydrogen-bond acceptors (Lipinski definition) is 0. The molecule has 1 fully saturated rings. The van der Waals surface area contributed by atoms with Gasteiger partial charge in [0.2, 0.25) is 0 Å². The monoisotopic (exact) mass is 180 g/mol. The molecule has 0 bridgehead atoms. The maximum absolute atomic E-state index is 4.20. The third-order valence-corrected chi connectivity index (χ3v) is 3.67. The minimum atomic E-state index is 0.583. The predicted molar refractivity (Wildman–Crippen MR) is 59.8 cm³/mol. The number of allylic oxidation sites excluding steroid dienone is 1. The normalized spacial score (nSPS) is 35.0. The first-order valence-electron chi connectivity index (χ1n) is 5.75. The third kappa shape index (κ3) is 2.86. The fourth-order valence-corrected chi connectivity index (χ4v) is 2.40. The van der Waals surface area contributed by atoms with Crippen molar-refractivity contribution in [2.24, 2.45) is 11.3 Å². The van der Waals surface area contributed by atoms with E-state index >= 15 is 0 Å². The van der Waals surface area contributed by atoms with Gasteiger partial charge in [-0.05, 0) is 37.0 Å². The second-order valence-electron chi connectivity index (χ2n) is 5.19. The van der Waals surface area contributed by atoms with Crippen molar-refractivity contribution in [1.29, 1.82) is 0 Å². The van der Waals surface area contributed by atoms with Crippen molar-refractivity contribution in [3.05, 3.63) is 12.2 Å². The number of unbranched alkanes of at least 4 members (excludes halogenated alkanes) is 1. The largest absolute Gasteiger partial charge is 0.0996 e. The van der Waals surface area contributed by atoms with Crippen molar-refractivity contribution >= 4 is 0 Å². The van der Waals surface area contributed by atoms with E-state index in [2.05, 4.69) is 27.4 Å². The van der Waals surface area contributed by atoms with Gasteiger partial charge in [0, 0.05) is 0 Å². The van der Waals surface area contributed by atoms with Crippen molar-refractivity contribution < 1.29 is 0 Å². The molecule has 0 heteroatoms. The molecule has 0 aliphatic heterocycles. The molecule has 1 rings (SSSR count). The van der Waals surface area contributed by atoms with E-state index in [1.54, 1.807) is 0 Å². The molecule has 2 atom stereocenters. The van der Waals surface area contributed by atoms with Crippen LogP contribution in [0.25, 0.3) is 0 Å². The van der Waals surface area contributed by atoms with E-state index < -0.39 is 0 Å². The van der Waals surface area contributed by atoms with Gasteiger partial charge in [-0.25, -0.2) is 0 Å². The standard InChI is InChI=1S/C13H24/c1-5-6-8-13(4)9-7-11(2)12(3)10-13/h11H,3,5-10H2,1-2,4H3/t11-,13?/m1/s1. The summed E-state index contributed by atoms with van der Waals surface area (Å²) in [5.74, 6) is 0.773. The average Bonchev–Trinajstić information content (AvgIpc) is 2.09. The lowest BCUT2D eigenvalue weighted by molar-refractivity contribution is 0.206. The highest BCUT2D eigenvalue weighted by molar-refractivity contribution is 5.07. The van der Waals surface area contributed by atoms with Gasteiger partial charge in [-0.1, -0.05) is 45.8 Å². The van der Waals surface area contributed by atoms with Crippen molar-refractivity contribution in [3.63, 3.8) is 0 Å². The van der Waals surface area contributed by atoms with Gasteiger partial charge in [0.25, 0.3) is 0 Å². The summed E-state index contributed by atoms with van der Waals surface area (Å²) in [6.07, 6.45) is 8.16. The van der Waals surface area contributed by atoms with Crippen LogP contribution >= 0.6 is 0 Å². The first-order valence-corrected chi connectivity index (χ1v) is 5.75. The van der Waals surface area contributed by atoms with Gasteiger partial charge >= 0.3 is 0 Å². The highest BCUT2D eigenvalue weighted by Crippen LogP contribution is 2.44. The van der Waals surface area contributed by atoms with E-state index in [1.165, 1.54) is 44.1 Å². The molecule has 0 radical (unpaired) electrons. The van der Waals surface area contributed by atoms with Crippen LogP contribution in [0.15, 0.2) is 12.2 Å². The van der Waals surface area contributed by atoms with Crippen LogP contribution < -0.4 is 0 Å². The molecule has 0 heterocycles. The molecule has 1 unspecified atom stereocenters. The zero-order valence-electron chi connectivity index (χ0n) is 9.53. The summed E-state index contributed by atoms with van der Waals surface area (Å²) >= 11 is 0. The Balaban J connectivity index is 2.46. The van der Waals surface area contributed by atoms with Gasteiger partial charge < -0.3 is 0 Å². The second-order valence-corrected chi connectivity index (χ2v) is 5.19. The maximum Gasteiger partial charge on any atom is -0.0234 e. The van der Waals surface area contributed by atoms with E-state index in [0.29, 0.717) is 5.41 Å². The molecule has 0 saturated heterocycles. The molecule has 1 saturated carbocycles.